The van der Waals surface area contributed by atoms with E-state index in [0.29, 0.717) is 24.8 Å². The van der Waals surface area contributed by atoms with Crippen molar-refractivity contribution in [2.75, 3.05) is 6.61 Å². The van der Waals surface area contributed by atoms with Gasteiger partial charge in [0.2, 0.25) is 0 Å². The topological polar surface area (TPSA) is 57.5 Å². The lowest BCUT2D eigenvalue weighted by Gasteiger charge is -2.12. The molecule has 0 amide bonds. The van der Waals surface area contributed by atoms with E-state index in [4.69, 9.17) is 10.2 Å². The summed E-state index contributed by atoms with van der Waals surface area (Å²) in [4.78, 5) is 11.1. The number of carboxylic acid groups (broad SMARTS) is 1. The predicted molar refractivity (Wildman–Crippen MR) is 62.3 cm³/mol. The zero-order valence-electron chi connectivity index (χ0n) is 9.60. The Kier molecular flexibility index (Phi) is 5.63. The average Bonchev–Trinajstić information content (AvgIpc) is 2.28. The molecule has 17 heavy (non-hydrogen) atoms. The molecule has 0 aromatic heterocycles. The fourth-order valence-electron chi connectivity index (χ4n) is 1.79. The molecule has 0 saturated carbocycles. The van der Waals surface area contributed by atoms with E-state index in [1.54, 1.807) is 6.07 Å². The van der Waals surface area contributed by atoms with Crippen molar-refractivity contribution in [1.82, 2.24) is 0 Å². The third-order valence-corrected chi connectivity index (χ3v) is 2.70. The van der Waals surface area contributed by atoms with Crippen LogP contribution in [0.2, 0.25) is 0 Å². The van der Waals surface area contributed by atoms with Gasteiger partial charge in [-0.2, -0.15) is 0 Å². The molecule has 0 fully saturated rings. The van der Waals surface area contributed by atoms with E-state index in [1.165, 1.54) is 18.2 Å². The van der Waals surface area contributed by atoms with Gasteiger partial charge in [0.05, 0.1) is 5.92 Å². The van der Waals surface area contributed by atoms with Crippen molar-refractivity contribution in [3.8, 4) is 0 Å². The molecule has 0 aliphatic carbocycles. The molecule has 1 aromatic carbocycles. The first-order valence-electron chi connectivity index (χ1n) is 5.74. The van der Waals surface area contributed by atoms with E-state index in [2.05, 4.69) is 0 Å². The molecule has 0 spiro atoms. The molecule has 4 heteroatoms. The Morgan fingerprint density at radius 1 is 1.29 bits per heavy atom. The molecule has 3 nitrogen and oxygen atoms in total. The number of hydrogen-bond acceptors (Lipinski definition) is 2. The van der Waals surface area contributed by atoms with Gasteiger partial charge < -0.3 is 10.2 Å². The van der Waals surface area contributed by atoms with E-state index in [1.807, 2.05) is 0 Å². The van der Waals surface area contributed by atoms with Crippen molar-refractivity contribution >= 4 is 5.97 Å². The number of rotatable bonds is 7. The van der Waals surface area contributed by atoms with Gasteiger partial charge in [-0.15, -0.1) is 0 Å². The lowest BCUT2D eigenvalue weighted by molar-refractivity contribution is -0.139. The van der Waals surface area contributed by atoms with Gasteiger partial charge in [0.15, 0.2) is 0 Å². The van der Waals surface area contributed by atoms with Crippen molar-refractivity contribution in [2.24, 2.45) is 0 Å². The van der Waals surface area contributed by atoms with Crippen LogP contribution in [-0.4, -0.2) is 22.8 Å². The zero-order chi connectivity index (χ0) is 12.7. The molecule has 1 unspecified atom stereocenters. The first-order chi connectivity index (χ1) is 8.15. The lowest BCUT2D eigenvalue weighted by Crippen LogP contribution is -2.11. The van der Waals surface area contributed by atoms with Crippen LogP contribution in [0.15, 0.2) is 24.3 Å². The molecule has 0 bridgehead atoms. The van der Waals surface area contributed by atoms with E-state index in [-0.39, 0.29) is 6.61 Å². The Morgan fingerprint density at radius 3 is 2.65 bits per heavy atom. The minimum absolute atomic E-state index is 0.123. The van der Waals surface area contributed by atoms with Gasteiger partial charge in [0, 0.05) is 6.61 Å². The minimum Gasteiger partial charge on any atom is -0.481 e. The Bertz CT molecular complexity index is 365. The fraction of sp³-hybridized carbons (Fsp3) is 0.462. The fourth-order valence-corrected chi connectivity index (χ4v) is 1.79. The van der Waals surface area contributed by atoms with Crippen LogP contribution in [0.4, 0.5) is 4.39 Å². The summed E-state index contributed by atoms with van der Waals surface area (Å²) in [5.41, 5.74) is 0.501. The molecule has 2 N–H and O–H groups in total. The Morgan fingerprint density at radius 2 is 2.06 bits per heavy atom. The molecular weight excluding hydrogens is 223 g/mol. The van der Waals surface area contributed by atoms with Crippen molar-refractivity contribution < 1.29 is 19.4 Å². The molecule has 0 radical (unpaired) electrons. The number of unbranched alkanes of at least 4 members (excludes halogenated alkanes) is 2. The maximum Gasteiger partial charge on any atom is 0.310 e. The highest BCUT2D eigenvalue weighted by atomic mass is 19.1. The summed E-state index contributed by atoms with van der Waals surface area (Å²) in [5, 5.41) is 17.7. The summed E-state index contributed by atoms with van der Waals surface area (Å²) in [6.07, 6.45) is 2.65. The maximum absolute atomic E-state index is 13.0. The molecular formula is C13H17FO3. The second kappa shape index (κ2) is 7.01. The average molecular weight is 240 g/mol. The summed E-state index contributed by atoms with van der Waals surface area (Å²) in [7, 11) is 0. The van der Waals surface area contributed by atoms with E-state index in [9.17, 15) is 9.18 Å². The number of carboxylic acids is 1. The number of hydrogen-bond donors (Lipinski definition) is 2. The summed E-state index contributed by atoms with van der Waals surface area (Å²) in [5.74, 6) is -2.01. The van der Waals surface area contributed by atoms with E-state index >= 15 is 0 Å². The van der Waals surface area contributed by atoms with E-state index < -0.39 is 17.7 Å². The molecule has 0 aliphatic heterocycles. The first-order valence-corrected chi connectivity index (χ1v) is 5.74. The molecule has 0 heterocycles. The highest BCUT2D eigenvalue weighted by molar-refractivity contribution is 5.75. The van der Waals surface area contributed by atoms with Crippen LogP contribution < -0.4 is 0 Å². The Balaban J connectivity index is 2.63. The predicted octanol–water partition coefficient (Wildman–Crippen LogP) is 2.55. The van der Waals surface area contributed by atoms with Crippen LogP contribution in [0.3, 0.4) is 0 Å². The zero-order valence-corrected chi connectivity index (χ0v) is 9.60. The largest absolute Gasteiger partial charge is 0.481 e. The highest BCUT2D eigenvalue weighted by Crippen LogP contribution is 2.23. The van der Waals surface area contributed by atoms with E-state index in [0.717, 1.165) is 6.42 Å². The molecule has 94 valence electrons. The quantitative estimate of drug-likeness (QED) is 0.720. The van der Waals surface area contributed by atoms with Gasteiger partial charge in [0.1, 0.15) is 5.82 Å². The number of aliphatic hydroxyl groups excluding tert-OH is 1. The Hall–Kier alpha value is -1.42. The molecule has 1 atom stereocenters. The number of aliphatic carboxylic acids is 1. The van der Waals surface area contributed by atoms with Gasteiger partial charge in [-0.1, -0.05) is 25.0 Å². The summed E-state index contributed by atoms with van der Waals surface area (Å²) < 4.78 is 13.0. The normalized spacial score (nSPS) is 12.4. The number of halogens is 1. The maximum atomic E-state index is 13.0. The SMILES string of the molecule is O=C(O)C(CCCCCO)c1cccc(F)c1. The second-order valence-electron chi connectivity index (χ2n) is 4.02. The van der Waals surface area contributed by atoms with Gasteiger partial charge in [-0.05, 0) is 30.5 Å². The van der Waals surface area contributed by atoms with Crippen LogP contribution in [0.1, 0.15) is 37.2 Å². The van der Waals surface area contributed by atoms with Crippen LogP contribution in [-0.2, 0) is 4.79 Å². The number of aliphatic hydroxyl groups is 1. The highest BCUT2D eigenvalue weighted by Gasteiger charge is 2.19. The van der Waals surface area contributed by atoms with Gasteiger partial charge >= 0.3 is 5.97 Å². The van der Waals surface area contributed by atoms with Gasteiger partial charge in [-0.25, -0.2) is 4.39 Å². The summed E-state index contributed by atoms with van der Waals surface area (Å²) >= 11 is 0. The third kappa shape index (κ3) is 4.53. The van der Waals surface area contributed by atoms with Crippen LogP contribution in [0.5, 0.6) is 0 Å². The molecule has 1 aromatic rings. The van der Waals surface area contributed by atoms with Crippen molar-refractivity contribution in [3.05, 3.63) is 35.6 Å². The van der Waals surface area contributed by atoms with Crippen LogP contribution in [0.25, 0.3) is 0 Å². The molecule has 1 rings (SSSR count). The summed E-state index contributed by atoms with van der Waals surface area (Å²) in [6, 6.07) is 5.72. The van der Waals surface area contributed by atoms with Gasteiger partial charge in [0.25, 0.3) is 0 Å². The lowest BCUT2D eigenvalue weighted by atomic mass is 9.93. The minimum atomic E-state index is -0.931. The van der Waals surface area contributed by atoms with Crippen molar-refractivity contribution in [1.29, 1.82) is 0 Å². The van der Waals surface area contributed by atoms with Crippen molar-refractivity contribution in [3.63, 3.8) is 0 Å². The van der Waals surface area contributed by atoms with Crippen LogP contribution >= 0.6 is 0 Å². The molecule has 0 saturated heterocycles. The molecule has 0 aliphatic rings. The van der Waals surface area contributed by atoms with Gasteiger partial charge in [-0.3, -0.25) is 4.79 Å². The Labute approximate surface area is 99.9 Å². The van der Waals surface area contributed by atoms with Crippen molar-refractivity contribution in [2.45, 2.75) is 31.6 Å². The standard InChI is InChI=1S/C13H17FO3/c14-11-6-4-5-10(9-11)12(13(16)17)7-2-1-3-8-15/h4-6,9,12,15H,1-3,7-8H2,(H,16,17). The monoisotopic (exact) mass is 240 g/mol. The third-order valence-electron chi connectivity index (χ3n) is 2.70. The van der Waals surface area contributed by atoms with Crippen LogP contribution in [0, 0.1) is 5.82 Å². The number of benzene rings is 1. The first kappa shape index (κ1) is 13.6. The number of carbonyl (C=O) groups is 1. The second-order valence-corrected chi connectivity index (χ2v) is 4.02. The summed E-state index contributed by atoms with van der Waals surface area (Å²) in [6.45, 7) is 0.123. The smallest absolute Gasteiger partial charge is 0.310 e.